The molecule has 1 aromatic carbocycles. The van der Waals surface area contributed by atoms with Crippen molar-refractivity contribution in [2.24, 2.45) is 0 Å². The van der Waals surface area contributed by atoms with Gasteiger partial charge in [-0.3, -0.25) is 14.8 Å². The van der Waals surface area contributed by atoms with Gasteiger partial charge in [-0.25, -0.2) is 0 Å². The number of nitrogens with one attached hydrogen (secondary N) is 1. The van der Waals surface area contributed by atoms with Crippen molar-refractivity contribution in [3.05, 3.63) is 40.7 Å². The monoisotopic (exact) mass is 263 g/mol. The molecule has 1 N–H and O–H groups in total. The summed E-state index contributed by atoms with van der Waals surface area (Å²) in [5.41, 5.74) is 0.701. The predicted molar refractivity (Wildman–Crippen MR) is 68.2 cm³/mol. The van der Waals surface area contributed by atoms with Crippen LogP contribution >= 0.6 is 0 Å². The molecular weight excluding hydrogens is 250 g/mol. The molecule has 0 radical (unpaired) electrons. The minimum atomic E-state index is -0.474. The highest BCUT2D eigenvalue weighted by molar-refractivity contribution is 5.57. The zero-order valence-electron chi connectivity index (χ0n) is 10.3. The molecule has 0 aliphatic carbocycles. The van der Waals surface area contributed by atoms with Crippen molar-refractivity contribution in [2.45, 2.75) is 6.54 Å². The molecule has 0 fully saturated rings. The van der Waals surface area contributed by atoms with Gasteiger partial charge < -0.3 is 10.1 Å². The van der Waals surface area contributed by atoms with Gasteiger partial charge in [-0.05, 0) is 6.07 Å². The second kappa shape index (κ2) is 5.80. The number of hydrogen-bond donors (Lipinski definition) is 1. The molecule has 19 heavy (non-hydrogen) atoms. The molecule has 8 heteroatoms. The van der Waals surface area contributed by atoms with Gasteiger partial charge in [0.1, 0.15) is 0 Å². The average Bonchev–Trinajstić information content (AvgIpc) is 2.91. The highest BCUT2D eigenvalue weighted by Gasteiger charge is 2.14. The summed E-state index contributed by atoms with van der Waals surface area (Å²) in [5.74, 6) is 0.232. The van der Waals surface area contributed by atoms with E-state index in [9.17, 15) is 10.1 Å². The van der Waals surface area contributed by atoms with Crippen LogP contribution in [0.4, 0.5) is 11.4 Å². The van der Waals surface area contributed by atoms with Crippen molar-refractivity contribution in [3.8, 4) is 5.75 Å². The normalized spacial score (nSPS) is 10.2. The van der Waals surface area contributed by atoms with Gasteiger partial charge in [-0.15, -0.1) is 5.10 Å². The maximum atomic E-state index is 10.7. The highest BCUT2D eigenvalue weighted by atomic mass is 16.6. The van der Waals surface area contributed by atoms with Crippen molar-refractivity contribution in [3.63, 3.8) is 0 Å². The summed E-state index contributed by atoms with van der Waals surface area (Å²) >= 11 is 0. The number of nitrogens with zero attached hydrogens (tertiary/aromatic N) is 4. The second-order valence-electron chi connectivity index (χ2n) is 3.74. The van der Waals surface area contributed by atoms with Crippen LogP contribution in [0.2, 0.25) is 0 Å². The molecule has 0 aliphatic heterocycles. The first-order valence-corrected chi connectivity index (χ1v) is 5.61. The third kappa shape index (κ3) is 3.18. The molecular formula is C11H13N5O3. The number of hydrogen-bond acceptors (Lipinski definition) is 6. The lowest BCUT2D eigenvalue weighted by Gasteiger charge is -2.08. The number of anilines is 1. The van der Waals surface area contributed by atoms with Crippen LogP contribution in [-0.4, -0.2) is 33.6 Å². The van der Waals surface area contributed by atoms with Crippen LogP contribution in [0.1, 0.15) is 0 Å². The summed E-state index contributed by atoms with van der Waals surface area (Å²) in [6.45, 7) is 1.28. The SMILES string of the molecule is COc1cc(NCCn2ccnn2)ccc1[N+](=O)[O-]. The zero-order chi connectivity index (χ0) is 13.7. The van der Waals surface area contributed by atoms with Gasteiger partial charge in [0.25, 0.3) is 0 Å². The molecule has 0 aliphatic rings. The number of benzene rings is 1. The van der Waals surface area contributed by atoms with Crippen LogP contribution in [0, 0.1) is 10.1 Å². The van der Waals surface area contributed by atoms with Crippen LogP contribution < -0.4 is 10.1 Å². The Hall–Kier alpha value is -2.64. The number of rotatable bonds is 6. The van der Waals surface area contributed by atoms with Gasteiger partial charge in [-0.1, -0.05) is 5.21 Å². The fourth-order valence-corrected chi connectivity index (χ4v) is 1.61. The highest BCUT2D eigenvalue weighted by Crippen LogP contribution is 2.29. The van der Waals surface area contributed by atoms with E-state index >= 15 is 0 Å². The van der Waals surface area contributed by atoms with E-state index in [1.807, 2.05) is 0 Å². The van der Waals surface area contributed by atoms with E-state index in [4.69, 9.17) is 4.74 Å². The Bertz CT molecular complexity index is 555. The van der Waals surface area contributed by atoms with Crippen LogP contribution in [0.3, 0.4) is 0 Å². The lowest BCUT2D eigenvalue weighted by Crippen LogP contribution is -2.11. The van der Waals surface area contributed by atoms with Crippen molar-refractivity contribution in [1.29, 1.82) is 0 Å². The first kappa shape index (κ1) is 12.8. The van der Waals surface area contributed by atoms with Crippen LogP contribution in [0.25, 0.3) is 0 Å². The largest absolute Gasteiger partial charge is 0.490 e. The Morgan fingerprint density at radius 2 is 2.37 bits per heavy atom. The van der Waals surface area contributed by atoms with E-state index in [1.54, 1.807) is 29.2 Å². The molecule has 1 heterocycles. The number of nitro groups is 1. The van der Waals surface area contributed by atoms with E-state index in [0.717, 1.165) is 5.69 Å². The fourth-order valence-electron chi connectivity index (χ4n) is 1.61. The molecule has 2 aromatic rings. The van der Waals surface area contributed by atoms with Crippen LogP contribution in [0.5, 0.6) is 5.75 Å². The molecule has 8 nitrogen and oxygen atoms in total. The van der Waals surface area contributed by atoms with Gasteiger partial charge in [0.2, 0.25) is 0 Å². The summed E-state index contributed by atoms with van der Waals surface area (Å²) in [4.78, 5) is 10.3. The molecule has 0 spiro atoms. The number of nitro benzene ring substituents is 1. The molecule has 0 amide bonds. The number of aromatic nitrogens is 3. The van der Waals surface area contributed by atoms with Crippen molar-refractivity contribution < 1.29 is 9.66 Å². The topological polar surface area (TPSA) is 95.1 Å². The summed E-state index contributed by atoms with van der Waals surface area (Å²) in [6, 6.07) is 4.65. The number of methoxy groups -OCH3 is 1. The van der Waals surface area contributed by atoms with Crippen LogP contribution in [0.15, 0.2) is 30.6 Å². The molecule has 100 valence electrons. The van der Waals surface area contributed by atoms with E-state index in [-0.39, 0.29) is 11.4 Å². The molecule has 0 unspecified atom stereocenters. The van der Waals surface area contributed by atoms with Crippen molar-refractivity contribution in [2.75, 3.05) is 19.0 Å². The molecule has 0 saturated carbocycles. The predicted octanol–water partition coefficient (Wildman–Crippen LogP) is 1.31. The Balaban J connectivity index is 1.99. The first-order valence-electron chi connectivity index (χ1n) is 5.61. The average molecular weight is 263 g/mol. The molecule has 0 saturated heterocycles. The third-order valence-electron chi connectivity index (χ3n) is 2.52. The zero-order valence-corrected chi connectivity index (χ0v) is 10.3. The van der Waals surface area contributed by atoms with Gasteiger partial charge in [0, 0.05) is 30.6 Å². The van der Waals surface area contributed by atoms with E-state index in [2.05, 4.69) is 15.6 Å². The standard InChI is InChI=1S/C11H13N5O3/c1-19-11-8-9(2-3-10(11)16(17)18)12-4-6-15-7-5-13-14-15/h2-3,5,7-8,12H,4,6H2,1H3. The third-order valence-corrected chi connectivity index (χ3v) is 2.52. The lowest BCUT2D eigenvalue weighted by atomic mass is 10.2. The molecule has 2 rings (SSSR count). The Morgan fingerprint density at radius 3 is 3.00 bits per heavy atom. The van der Waals surface area contributed by atoms with Gasteiger partial charge in [0.05, 0.1) is 24.8 Å². The molecule has 0 atom stereocenters. The summed E-state index contributed by atoms with van der Waals surface area (Å²) < 4.78 is 6.68. The summed E-state index contributed by atoms with van der Waals surface area (Å²) in [7, 11) is 1.40. The fraction of sp³-hybridized carbons (Fsp3) is 0.273. The van der Waals surface area contributed by atoms with Gasteiger partial charge >= 0.3 is 5.69 Å². The van der Waals surface area contributed by atoms with Crippen LogP contribution in [-0.2, 0) is 6.54 Å². The maximum Gasteiger partial charge on any atom is 0.311 e. The molecule has 0 bridgehead atoms. The lowest BCUT2D eigenvalue weighted by molar-refractivity contribution is -0.385. The summed E-state index contributed by atoms with van der Waals surface area (Å²) in [5, 5.41) is 21.4. The minimum Gasteiger partial charge on any atom is -0.490 e. The minimum absolute atomic E-state index is 0.0515. The maximum absolute atomic E-state index is 10.7. The number of ether oxygens (including phenoxy) is 1. The van der Waals surface area contributed by atoms with E-state index in [0.29, 0.717) is 13.1 Å². The first-order chi connectivity index (χ1) is 9.20. The van der Waals surface area contributed by atoms with Gasteiger partial charge in [-0.2, -0.15) is 0 Å². The Morgan fingerprint density at radius 1 is 1.53 bits per heavy atom. The van der Waals surface area contributed by atoms with Gasteiger partial charge in [0.15, 0.2) is 5.75 Å². The Kier molecular flexibility index (Phi) is 3.91. The van der Waals surface area contributed by atoms with Crippen molar-refractivity contribution >= 4 is 11.4 Å². The van der Waals surface area contributed by atoms with Crippen molar-refractivity contribution in [1.82, 2.24) is 15.0 Å². The molecule has 1 aromatic heterocycles. The summed E-state index contributed by atoms with van der Waals surface area (Å²) in [6.07, 6.45) is 3.37. The second-order valence-corrected chi connectivity index (χ2v) is 3.74. The van der Waals surface area contributed by atoms with E-state index in [1.165, 1.54) is 13.2 Å². The van der Waals surface area contributed by atoms with E-state index < -0.39 is 4.92 Å². The smallest absolute Gasteiger partial charge is 0.311 e. The Labute approximate surface area is 109 Å². The quantitative estimate of drug-likeness (QED) is 0.623.